The number of nitrogens with two attached hydrogens (primary N) is 1. The third-order valence-electron chi connectivity index (χ3n) is 6.00. The van der Waals surface area contributed by atoms with Gasteiger partial charge in [0.2, 0.25) is 11.1 Å². The largest absolute Gasteiger partial charge is 0.481 e. The molecule has 12 nitrogen and oxygen atoms in total. The molecule has 0 bridgehead atoms. The second-order valence-corrected chi connectivity index (χ2v) is 10.9. The number of carboxylic acids is 2. The van der Waals surface area contributed by atoms with Crippen molar-refractivity contribution in [1.82, 2.24) is 25.4 Å². The van der Waals surface area contributed by atoms with Gasteiger partial charge in [0, 0.05) is 11.5 Å². The molecule has 0 aliphatic carbocycles. The summed E-state index contributed by atoms with van der Waals surface area (Å²) in [5.41, 5.74) is 8.24. The summed E-state index contributed by atoms with van der Waals surface area (Å²) < 4.78 is 0. The number of carboxylic acid groups (broad SMARTS) is 2. The molecular weight excluding hydrogens is 520 g/mol. The zero-order chi connectivity index (χ0) is 26.9. The molecule has 2 amide bonds. The fourth-order valence-electron chi connectivity index (χ4n) is 3.99. The first kappa shape index (κ1) is 26.7. The highest BCUT2D eigenvalue weighted by molar-refractivity contribution is 8.01. The number of rotatable bonds is 10. The highest BCUT2D eigenvalue weighted by Gasteiger charge is 2.54. The lowest BCUT2D eigenvalue weighted by Gasteiger charge is -2.49. The third kappa shape index (κ3) is 5.65. The van der Waals surface area contributed by atoms with E-state index >= 15 is 0 Å². The smallest absolute Gasteiger partial charge is 0.352 e. The molecule has 2 aliphatic heterocycles. The average Bonchev–Trinajstić information content (AvgIpc) is 3.31. The summed E-state index contributed by atoms with van der Waals surface area (Å²) in [7, 11) is 0. The predicted octanol–water partition coefficient (Wildman–Crippen LogP) is 1.09. The van der Waals surface area contributed by atoms with Gasteiger partial charge in [-0.1, -0.05) is 49.9 Å². The van der Waals surface area contributed by atoms with Crippen molar-refractivity contribution in [2.24, 2.45) is 5.73 Å². The number of aliphatic carboxylic acids is 2. The van der Waals surface area contributed by atoms with Gasteiger partial charge >= 0.3 is 11.9 Å². The van der Waals surface area contributed by atoms with Gasteiger partial charge in [0.15, 0.2) is 0 Å². The second-order valence-electron chi connectivity index (χ2n) is 8.88. The summed E-state index contributed by atoms with van der Waals surface area (Å²) in [5.74, 6) is -2.29. The fraction of sp³-hybridized carbons (Fsp3) is 0.391. The van der Waals surface area contributed by atoms with Crippen LogP contribution in [0, 0.1) is 0 Å². The Balaban J connectivity index is 1.41. The second kappa shape index (κ2) is 10.9. The van der Waals surface area contributed by atoms with Crippen molar-refractivity contribution in [3.05, 3.63) is 52.5 Å². The predicted molar refractivity (Wildman–Crippen MR) is 136 cm³/mol. The van der Waals surface area contributed by atoms with Crippen LogP contribution in [0.2, 0.25) is 0 Å². The molecule has 0 saturated carbocycles. The van der Waals surface area contributed by atoms with Gasteiger partial charge in [-0.25, -0.2) is 9.78 Å². The molecule has 1 fully saturated rings. The Hall–Kier alpha value is -3.36. The number of β-lactam (4-membered cyclic amide) rings is 1. The first-order valence-corrected chi connectivity index (χ1v) is 13.4. The molecule has 14 heteroatoms. The fourth-order valence-corrected chi connectivity index (χ4v) is 6.30. The van der Waals surface area contributed by atoms with Crippen molar-refractivity contribution in [3.8, 4) is 0 Å². The molecule has 196 valence electrons. The average molecular weight is 547 g/mol. The minimum atomic E-state index is -1.25. The minimum Gasteiger partial charge on any atom is -0.481 e. The lowest BCUT2D eigenvalue weighted by Crippen LogP contribution is -2.71. The van der Waals surface area contributed by atoms with E-state index in [1.807, 2.05) is 12.1 Å². The maximum Gasteiger partial charge on any atom is 0.352 e. The van der Waals surface area contributed by atoms with E-state index < -0.39 is 41.2 Å². The van der Waals surface area contributed by atoms with Crippen molar-refractivity contribution in [2.75, 3.05) is 11.5 Å². The summed E-state index contributed by atoms with van der Waals surface area (Å²) in [5, 5.41) is 27.5. The van der Waals surface area contributed by atoms with Gasteiger partial charge in [-0.2, -0.15) is 0 Å². The van der Waals surface area contributed by atoms with Crippen molar-refractivity contribution >= 4 is 47.3 Å². The van der Waals surface area contributed by atoms with E-state index in [9.17, 15) is 24.3 Å². The molecule has 37 heavy (non-hydrogen) atoms. The molecule has 2 aliphatic rings. The van der Waals surface area contributed by atoms with Gasteiger partial charge < -0.3 is 21.3 Å². The number of hydrogen-bond acceptors (Lipinski definition) is 9. The molecular formula is C23H26N6O6S2. The maximum atomic E-state index is 12.9. The van der Waals surface area contributed by atoms with Crippen LogP contribution >= 0.6 is 23.5 Å². The highest BCUT2D eigenvalue weighted by Crippen LogP contribution is 2.41. The Kier molecular flexibility index (Phi) is 7.90. The lowest BCUT2D eigenvalue weighted by atomic mass is 9.98. The molecule has 1 aromatic carbocycles. The first-order valence-electron chi connectivity index (χ1n) is 11.4. The Morgan fingerprint density at radius 2 is 1.92 bits per heavy atom. The van der Waals surface area contributed by atoms with Crippen molar-refractivity contribution in [1.29, 1.82) is 0 Å². The van der Waals surface area contributed by atoms with Crippen molar-refractivity contribution < 1.29 is 29.4 Å². The van der Waals surface area contributed by atoms with E-state index in [4.69, 9.17) is 10.8 Å². The number of benzene rings is 1. The summed E-state index contributed by atoms with van der Waals surface area (Å²) in [6.45, 7) is 4.13. The first-order chi connectivity index (χ1) is 17.6. The van der Waals surface area contributed by atoms with Gasteiger partial charge in [0.25, 0.3) is 5.91 Å². The van der Waals surface area contributed by atoms with Crippen molar-refractivity contribution in [3.63, 3.8) is 0 Å². The molecule has 1 aromatic heterocycles. The number of thioether (sulfide) groups is 2. The number of carbonyl (C=O) groups is 4. The SMILES string of the molecule is CC(C)c1ccc(C(N)C(=O)NC2C(=O)N3C(C(=O)O)=C(CSc4n[nH]c(CC(=O)O)n4)CS[C@H]23)cc1. The minimum absolute atomic E-state index is 0.124. The number of carbonyl (C=O) groups excluding carboxylic acids is 2. The summed E-state index contributed by atoms with van der Waals surface area (Å²) >= 11 is 2.48. The van der Waals surface area contributed by atoms with Gasteiger partial charge in [0.05, 0.1) is 0 Å². The Bertz CT molecular complexity index is 1260. The number of hydrogen-bond donors (Lipinski definition) is 5. The summed E-state index contributed by atoms with van der Waals surface area (Å²) in [6.07, 6.45) is -0.309. The maximum absolute atomic E-state index is 12.9. The van der Waals surface area contributed by atoms with Gasteiger partial charge in [0.1, 0.15) is 35.4 Å². The van der Waals surface area contributed by atoms with Crippen LogP contribution in [0.4, 0.5) is 0 Å². The summed E-state index contributed by atoms with van der Waals surface area (Å²) in [6, 6.07) is 5.56. The number of aromatic nitrogens is 3. The monoisotopic (exact) mass is 546 g/mol. The van der Waals surface area contributed by atoms with E-state index in [0.717, 1.165) is 17.3 Å². The standard InChI is InChI=1S/C23H26N6O6S2/c1-10(2)11-3-5-12(6-4-11)16(24)19(32)26-17-20(33)29-18(22(34)35)13(8-36-21(17)29)9-37-23-25-14(27-28-23)7-15(30)31/h3-6,10,16-17,21H,7-9,24H2,1-2H3,(H,26,32)(H,30,31)(H,34,35)(H,25,27,28)/t16?,17?,21-/m1/s1. The third-order valence-corrected chi connectivity index (χ3v) is 8.27. The number of amides is 2. The lowest BCUT2D eigenvalue weighted by molar-refractivity contribution is -0.150. The van der Waals surface area contributed by atoms with Crippen LogP contribution in [-0.2, 0) is 25.6 Å². The zero-order valence-corrected chi connectivity index (χ0v) is 21.6. The molecule has 1 saturated heterocycles. The topological polar surface area (TPSA) is 192 Å². The molecule has 2 aromatic rings. The van der Waals surface area contributed by atoms with Crippen LogP contribution in [0.25, 0.3) is 0 Å². The number of aromatic amines is 1. The Morgan fingerprint density at radius 3 is 2.54 bits per heavy atom. The van der Waals surface area contributed by atoms with E-state index in [0.29, 0.717) is 22.8 Å². The molecule has 2 unspecified atom stereocenters. The van der Waals surface area contributed by atoms with Gasteiger partial charge in [-0.15, -0.1) is 16.9 Å². The summed E-state index contributed by atoms with van der Waals surface area (Å²) in [4.78, 5) is 53.8. The quantitative estimate of drug-likeness (QED) is 0.212. The van der Waals surface area contributed by atoms with Crippen molar-refractivity contribution in [2.45, 2.75) is 48.8 Å². The molecule has 4 rings (SSSR count). The zero-order valence-electron chi connectivity index (χ0n) is 20.0. The van der Waals surface area contributed by atoms with E-state index in [-0.39, 0.29) is 28.9 Å². The van der Waals surface area contributed by atoms with E-state index in [1.165, 1.54) is 16.7 Å². The number of nitrogens with zero attached hydrogens (tertiary/aromatic N) is 3. The molecule has 3 atom stereocenters. The van der Waals surface area contributed by atoms with E-state index in [1.54, 1.807) is 12.1 Å². The number of H-pyrrole nitrogens is 1. The molecule has 0 spiro atoms. The number of fused-ring (bicyclic) bond motifs is 1. The molecule has 0 radical (unpaired) electrons. The van der Waals surface area contributed by atoms with Gasteiger partial charge in [-0.05, 0) is 22.6 Å². The molecule has 6 N–H and O–H groups in total. The van der Waals surface area contributed by atoms with Crippen LogP contribution in [0.3, 0.4) is 0 Å². The highest BCUT2D eigenvalue weighted by atomic mass is 32.2. The molecule has 3 heterocycles. The van der Waals surface area contributed by atoms with Crippen LogP contribution in [0.1, 0.15) is 42.8 Å². The van der Waals surface area contributed by atoms with E-state index in [2.05, 4.69) is 34.3 Å². The van der Waals surface area contributed by atoms with Crippen LogP contribution in [0.15, 0.2) is 40.7 Å². The Morgan fingerprint density at radius 1 is 1.24 bits per heavy atom. The Labute approximate surface area is 220 Å². The number of nitrogens with one attached hydrogen (secondary N) is 2. The van der Waals surface area contributed by atoms with Crippen LogP contribution in [-0.4, -0.2) is 77.0 Å². The van der Waals surface area contributed by atoms with Crippen LogP contribution in [0.5, 0.6) is 0 Å². The normalized spacial score (nSPS) is 19.9. The van der Waals surface area contributed by atoms with Crippen LogP contribution < -0.4 is 11.1 Å². The van der Waals surface area contributed by atoms with Gasteiger partial charge in [-0.3, -0.25) is 24.4 Å².